The molecule has 1 unspecified atom stereocenters. The van der Waals surface area contributed by atoms with Gasteiger partial charge in [0.2, 0.25) is 0 Å². The van der Waals surface area contributed by atoms with Crippen LogP contribution in [0.15, 0.2) is 29.6 Å². The summed E-state index contributed by atoms with van der Waals surface area (Å²) in [5, 5.41) is 3.80. The standard InChI is InChI=1S/C14H15ClS/c15-13(8-10-4-3-5-10)12-9-16-14-7-2-1-6-11(12)14/h1-2,6-7,9-10,13H,3-5,8H2. The van der Waals surface area contributed by atoms with Crippen molar-refractivity contribution >= 4 is 33.0 Å². The summed E-state index contributed by atoms with van der Waals surface area (Å²) < 4.78 is 1.36. The van der Waals surface area contributed by atoms with E-state index < -0.39 is 0 Å². The molecule has 1 heterocycles. The van der Waals surface area contributed by atoms with E-state index in [1.54, 1.807) is 0 Å². The van der Waals surface area contributed by atoms with Crippen LogP contribution in [-0.4, -0.2) is 0 Å². The van der Waals surface area contributed by atoms with Crippen molar-refractivity contribution < 1.29 is 0 Å². The van der Waals surface area contributed by atoms with Gasteiger partial charge in [-0.15, -0.1) is 22.9 Å². The Morgan fingerprint density at radius 1 is 1.31 bits per heavy atom. The van der Waals surface area contributed by atoms with E-state index >= 15 is 0 Å². The minimum absolute atomic E-state index is 0.210. The van der Waals surface area contributed by atoms with E-state index in [0.717, 1.165) is 12.3 Å². The van der Waals surface area contributed by atoms with Crippen LogP contribution < -0.4 is 0 Å². The molecule has 1 fully saturated rings. The number of fused-ring (bicyclic) bond motifs is 1. The topological polar surface area (TPSA) is 0 Å². The quantitative estimate of drug-likeness (QED) is 0.643. The lowest BCUT2D eigenvalue weighted by Crippen LogP contribution is -2.12. The zero-order valence-electron chi connectivity index (χ0n) is 9.16. The highest BCUT2D eigenvalue weighted by molar-refractivity contribution is 7.17. The van der Waals surface area contributed by atoms with Gasteiger partial charge in [0.15, 0.2) is 0 Å². The van der Waals surface area contributed by atoms with Crippen LogP contribution in [-0.2, 0) is 0 Å². The molecule has 0 saturated heterocycles. The molecule has 0 bridgehead atoms. The van der Waals surface area contributed by atoms with Crippen LogP contribution in [0.4, 0.5) is 0 Å². The minimum Gasteiger partial charge on any atom is -0.143 e. The van der Waals surface area contributed by atoms with Crippen molar-refractivity contribution in [1.29, 1.82) is 0 Å². The second kappa shape index (κ2) is 4.38. The lowest BCUT2D eigenvalue weighted by Gasteiger charge is -2.27. The molecule has 3 rings (SSSR count). The van der Waals surface area contributed by atoms with Gasteiger partial charge in [0.1, 0.15) is 0 Å². The molecular weight excluding hydrogens is 236 g/mol. The fourth-order valence-corrected chi connectivity index (χ4v) is 3.91. The first-order chi connectivity index (χ1) is 7.84. The summed E-state index contributed by atoms with van der Waals surface area (Å²) in [5.41, 5.74) is 1.34. The summed E-state index contributed by atoms with van der Waals surface area (Å²) in [6.45, 7) is 0. The van der Waals surface area contributed by atoms with E-state index in [-0.39, 0.29) is 5.38 Å². The second-order valence-electron chi connectivity index (χ2n) is 4.69. The van der Waals surface area contributed by atoms with Crippen LogP contribution in [0.3, 0.4) is 0 Å². The van der Waals surface area contributed by atoms with E-state index in [4.69, 9.17) is 11.6 Å². The Bertz CT molecular complexity index is 484. The number of hydrogen-bond donors (Lipinski definition) is 0. The molecule has 2 aromatic rings. The number of thiophene rings is 1. The molecule has 2 heteroatoms. The average Bonchev–Trinajstić information content (AvgIpc) is 2.67. The third kappa shape index (κ3) is 1.87. The summed E-state index contributed by atoms with van der Waals surface area (Å²) >= 11 is 8.35. The smallest absolute Gasteiger partial charge is 0.0602 e. The van der Waals surface area contributed by atoms with E-state index in [1.807, 2.05) is 11.3 Å². The highest BCUT2D eigenvalue weighted by Gasteiger charge is 2.23. The van der Waals surface area contributed by atoms with Gasteiger partial charge in [-0.1, -0.05) is 37.5 Å². The third-order valence-electron chi connectivity index (χ3n) is 3.61. The normalized spacial score (nSPS) is 18.6. The number of halogens is 1. The Morgan fingerprint density at radius 3 is 2.88 bits per heavy atom. The highest BCUT2D eigenvalue weighted by atomic mass is 35.5. The zero-order valence-corrected chi connectivity index (χ0v) is 10.7. The molecule has 0 nitrogen and oxygen atoms in total. The number of rotatable bonds is 3. The lowest BCUT2D eigenvalue weighted by atomic mass is 9.81. The third-order valence-corrected chi connectivity index (χ3v) is 5.01. The van der Waals surface area contributed by atoms with Gasteiger partial charge in [-0.25, -0.2) is 0 Å². The minimum atomic E-state index is 0.210. The summed E-state index contributed by atoms with van der Waals surface area (Å²) in [4.78, 5) is 0. The molecule has 0 amide bonds. The van der Waals surface area contributed by atoms with Gasteiger partial charge >= 0.3 is 0 Å². The molecule has 1 saturated carbocycles. The molecular formula is C14H15ClS. The predicted molar refractivity (Wildman–Crippen MR) is 72.4 cm³/mol. The van der Waals surface area contributed by atoms with Crippen molar-refractivity contribution in [2.24, 2.45) is 5.92 Å². The fourth-order valence-electron chi connectivity index (χ4n) is 2.39. The van der Waals surface area contributed by atoms with Crippen LogP contribution in [0, 0.1) is 5.92 Å². The monoisotopic (exact) mass is 250 g/mol. The van der Waals surface area contributed by atoms with Gasteiger partial charge in [-0.3, -0.25) is 0 Å². The van der Waals surface area contributed by atoms with Crippen LogP contribution in [0.5, 0.6) is 0 Å². The fraction of sp³-hybridized carbons (Fsp3) is 0.429. The first-order valence-corrected chi connectivity index (χ1v) is 7.26. The number of alkyl halides is 1. The lowest BCUT2D eigenvalue weighted by molar-refractivity contribution is 0.293. The van der Waals surface area contributed by atoms with Crippen molar-refractivity contribution in [3.63, 3.8) is 0 Å². The molecule has 0 spiro atoms. The van der Waals surface area contributed by atoms with Crippen molar-refractivity contribution in [2.75, 3.05) is 0 Å². The van der Waals surface area contributed by atoms with E-state index in [0.29, 0.717) is 0 Å². The van der Waals surface area contributed by atoms with Gasteiger partial charge in [-0.2, -0.15) is 0 Å². The van der Waals surface area contributed by atoms with Crippen molar-refractivity contribution in [3.8, 4) is 0 Å². The molecule has 1 aliphatic rings. The van der Waals surface area contributed by atoms with Gasteiger partial charge in [0.25, 0.3) is 0 Å². The van der Waals surface area contributed by atoms with Crippen molar-refractivity contribution in [3.05, 3.63) is 35.2 Å². The summed E-state index contributed by atoms with van der Waals surface area (Å²) in [7, 11) is 0. The summed E-state index contributed by atoms with van der Waals surface area (Å²) in [5.74, 6) is 0.876. The van der Waals surface area contributed by atoms with Crippen LogP contribution >= 0.6 is 22.9 Å². The van der Waals surface area contributed by atoms with E-state index in [2.05, 4.69) is 29.6 Å². The number of hydrogen-bond acceptors (Lipinski definition) is 1. The molecule has 0 radical (unpaired) electrons. The van der Waals surface area contributed by atoms with Crippen LogP contribution in [0.2, 0.25) is 0 Å². The maximum absolute atomic E-state index is 6.54. The Morgan fingerprint density at radius 2 is 2.12 bits per heavy atom. The van der Waals surface area contributed by atoms with E-state index in [1.165, 1.54) is 34.9 Å². The Labute approximate surface area is 105 Å². The largest absolute Gasteiger partial charge is 0.143 e. The molecule has 1 aromatic carbocycles. The molecule has 16 heavy (non-hydrogen) atoms. The van der Waals surface area contributed by atoms with Gasteiger partial charge in [-0.05, 0) is 34.7 Å². The Balaban J connectivity index is 1.86. The molecule has 1 atom stereocenters. The Hall–Kier alpha value is -0.530. The molecule has 84 valence electrons. The van der Waals surface area contributed by atoms with Crippen LogP contribution in [0.25, 0.3) is 10.1 Å². The van der Waals surface area contributed by atoms with E-state index in [9.17, 15) is 0 Å². The summed E-state index contributed by atoms with van der Waals surface area (Å²) in [6, 6.07) is 8.57. The van der Waals surface area contributed by atoms with Crippen molar-refractivity contribution in [1.82, 2.24) is 0 Å². The molecule has 0 aliphatic heterocycles. The maximum atomic E-state index is 6.54. The van der Waals surface area contributed by atoms with Gasteiger partial charge in [0, 0.05) is 4.70 Å². The highest BCUT2D eigenvalue weighted by Crippen LogP contribution is 2.41. The van der Waals surface area contributed by atoms with Crippen molar-refractivity contribution in [2.45, 2.75) is 31.1 Å². The summed E-state index contributed by atoms with van der Waals surface area (Å²) in [6.07, 6.45) is 5.32. The average molecular weight is 251 g/mol. The molecule has 0 N–H and O–H groups in total. The molecule has 1 aliphatic carbocycles. The van der Waals surface area contributed by atoms with Crippen LogP contribution in [0.1, 0.15) is 36.6 Å². The Kier molecular flexibility index (Phi) is 2.91. The van der Waals surface area contributed by atoms with Gasteiger partial charge in [0.05, 0.1) is 5.38 Å². The number of benzene rings is 1. The van der Waals surface area contributed by atoms with Gasteiger partial charge < -0.3 is 0 Å². The maximum Gasteiger partial charge on any atom is 0.0602 e. The second-order valence-corrected chi connectivity index (χ2v) is 6.13. The SMILES string of the molecule is ClC(CC1CCC1)c1csc2ccccc12. The zero-order chi connectivity index (χ0) is 11.0. The predicted octanol–water partition coefficient (Wildman–Crippen LogP) is 5.37. The first-order valence-electron chi connectivity index (χ1n) is 5.95. The first kappa shape index (κ1) is 10.6. The molecule has 1 aromatic heterocycles.